The van der Waals surface area contributed by atoms with E-state index in [-0.39, 0.29) is 5.92 Å². The molecule has 0 bridgehead atoms. The fourth-order valence-electron chi connectivity index (χ4n) is 2.58. The van der Waals surface area contributed by atoms with Crippen LogP contribution in [0.5, 0.6) is 5.88 Å². The molecule has 21 heavy (non-hydrogen) atoms. The van der Waals surface area contributed by atoms with Gasteiger partial charge in [-0.3, -0.25) is 0 Å². The molecular formula is C16H19ClN2O2. The highest BCUT2D eigenvalue weighted by Crippen LogP contribution is 2.34. The van der Waals surface area contributed by atoms with Crippen molar-refractivity contribution < 1.29 is 9.47 Å². The number of pyridine rings is 2. The van der Waals surface area contributed by atoms with Gasteiger partial charge in [-0.1, -0.05) is 18.5 Å². The van der Waals surface area contributed by atoms with Crippen LogP contribution in [-0.2, 0) is 4.74 Å². The quantitative estimate of drug-likeness (QED) is 0.784. The molecule has 1 aliphatic rings. The first-order valence-electron chi connectivity index (χ1n) is 7.28. The number of aromatic nitrogens is 2. The normalized spacial score (nSPS) is 16.7. The van der Waals surface area contributed by atoms with Crippen molar-refractivity contribution in [3.8, 4) is 5.88 Å². The number of fused-ring (bicyclic) bond motifs is 1. The zero-order chi connectivity index (χ0) is 14.8. The average Bonchev–Trinajstić information content (AvgIpc) is 2.42. The third-order valence-corrected chi connectivity index (χ3v) is 4.22. The molecule has 1 unspecified atom stereocenters. The molecule has 0 amide bonds. The average molecular weight is 307 g/mol. The van der Waals surface area contributed by atoms with Gasteiger partial charge in [0, 0.05) is 25.4 Å². The molecule has 1 fully saturated rings. The van der Waals surface area contributed by atoms with Gasteiger partial charge in [0.05, 0.1) is 12.0 Å². The van der Waals surface area contributed by atoms with Crippen molar-refractivity contribution in [2.24, 2.45) is 0 Å². The Bertz CT molecular complexity index is 643. The van der Waals surface area contributed by atoms with Gasteiger partial charge in [0.25, 0.3) is 0 Å². The van der Waals surface area contributed by atoms with Gasteiger partial charge in [-0.2, -0.15) is 0 Å². The molecule has 0 aliphatic heterocycles. The fourth-order valence-corrected chi connectivity index (χ4v) is 2.74. The molecule has 0 N–H and O–H groups in total. The molecule has 112 valence electrons. The highest BCUT2D eigenvalue weighted by molar-refractivity contribution is 6.30. The third kappa shape index (κ3) is 2.97. The molecule has 2 aromatic heterocycles. The van der Waals surface area contributed by atoms with E-state index < -0.39 is 0 Å². The second kappa shape index (κ2) is 6.16. The van der Waals surface area contributed by atoms with E-state index in [4.69, 9.17) is 21.1 Å². The van der Waals surface area contributed by atoms with E-state index >= 15 is 0 Å². The molecule has 1 saturated carbocycles. The van der Waals surface area contributed by atoms with Crippen molar-refractivity contribution in [1.82, 2.24) is 9.97 Å². The van der Waals surface area contributed by atoms with Crippen molar-refractivity contribution in [2.45, 2.75) is 38.2 Å². The van der Waals surface area contributed by atoms with Gasteiger partial charge in [-0.15, -0.1) is 0 Å². The first-order chi connectivity index (χ1) is 10.2. The second-order valence-corrected chi connectivity index (χ2v) is 5.99. The van der Waals surface area contributed by atoms with Gasteiger partial charge in [0.2, 0.25) is 5.88 Å². The Kier molecular flexibility index (Phi) is 4.27. The zero-order valence-corrected chi connectivity index (χ0v) is 13.1. The summed E-state index contributed by atoms with van der Waals surface area (Å²) in [5, 5.41) is 2.45. The number of halogens is 1. The summed E-state index contributed by atoms with van der Waals surface area (Å²) < 4.78 is 11.2. The van der Waals surface area contributed by atoms with Crippen LogP contribution in [0, 0.1) is 0 Å². The molecule has 1 atom stereocenters. The number of hydrogen-bond acceptors (Lipinski definition) is 4. The van der Waals surface area contributed by atoms with Gasteiger partial charge < -0.3 is 9.47 Å². The van der Waals surface area contributed by atoms with Crippen LogP contribution in [0.15, 0.2) is 18.5 Å². The van der Waals surface area contributed by atoms with Crippen molar-refractivity contribution in [2.75, 3.05) is 13.7 Å². The minimum atomic E-state index is 0.237. The maximum Gasteiger partial charge on any atom is 0.223 e. The van der Waals surface area contributed by atoms with E-state index in [1.807, 2.05) is 12.3 Å². The Labute approximate surface area is 129 Å². The number of hydrogen-bond donors (Lipinski definition) is 0. The topological polar surface area (TPSA) is 44.2 Å². The predicted molar refractivity (Wildman–Crippen MR) is 83.1 cm³/mol. The molecule has 0 radical (unpaired) electrons. The number of nitrogens with zero attached hydrogens (tertiary/aromatic N) is 2. The molecule has 5 heteroatoms. The summed E-state index contributed by atoms with van der Waals surface area (Å²) in [6, 6.07) is 1.88. The van der Waals surface area contributed by atoms with E-state index in [1.165, 1.54) is 6.42 Å². The first-order valence-corrected chi connectivity index (χ1v) is 7.66. The molecule has 2 aromatic rings. The van der Waals surface area contributed by atoms with Crippen LogP contribution in [0.2, 0.25) is 5.15 Å². The Morgan fingerprint density at radius 1 is 1.29 bits per heavy atom. The van der Waals surface area contributed by atoms with E-state index in [2.05, 4.69) is 16.9 Å². The fraction of sp³-hybridized carbons (Fsp3) is 0.500. The van der Waals surface area contributed by atoms with E-state index in [0.29, 0.717) is 23.7 Å². The summed E-state index contributed by atoms with van der Waals surface area (Å²) in [5.74, 6) is 0.897. The lowest BCUT2D eigenvalue weighted by Crippen LogP contribution is -2.25. The Balaban J connectivity index is 2.04. The molecule has 1 aliphatic carbocycles. The lowest BCUT2D eigenvalue weighted by atomic mass is 9.96. The van der Waals surface area contributed by atoms with Gasteiger partial charge in [0.15, 0.2) is 0 Å². The summed E-state index contributed by atoms with van der Waals surface area (Å²) in [4.78, 5) is 8.68. The SMILES string of the molecule is COCC(C)c1cnc(OC2CCC2)c2cnc(Cl)cc12. The van der Waals surface area contributed by atoms with E-state index in [0.717, 1.165) is 29.2 Å². The van der Waals surface area contributed by atoms with Crippen molar-refractivity contribution in [1.29, 1.82) is 0 Å². The third-order valence-electron chi connectivity index (χ3n) is 4.01. The smallest absolute Gasteiger partial charge is 0.223 e. The molecule has 3 rings (SSSR count). The standard InChI is InChI=1S/C16H19ClN2O2/c1-10(9-20-2)13-7-19-16(21-11-4-3-5-11)14-8-18-15(17)6-12(13)14/h6-8,10-11H,3-5,9H2,1-2H3. The van der Waals surface area contributed by atoms with E-state index in [9.17, 15) is 0 Å². The minimum absolute atomic E-state index is 0.237. The van der Waals surface area contributed by atoms with Crippen LogP contribution in [-0.4, -0.2) is 29.8 Å². The van der Waals surface area contributed by atoms with Crippen LogP contribution < -0.4 is 4.74 Å². The van der Waals surface area contributed by atoms with Gasteiger partial charge in [0.1, 0.15) is 11.3 Å². The number of ether oxygens (including phenoxy) is 2. The highest BCUT2D eigenvalue weighted by Gasteiger charge is 2.22. The maximum absolute atomic E-state index is 6.07. The van der Waals surface area contributed by atoms with E-state index in [1.54, 1.807) is 13.3 Å². The predicted octanol–water partition coefficient (Wildman–Crippen LogP) is 3.96. The van der Waals surface area contributed by atoms with Crippen molar-refractivity contribution >= 4 is 22.4 Å². The van der Waals surface area contributed by atoms with Gasteiger partial charge >= 0.3 is 0 Å². The largest absolute Gasteiger partial charge is 0.474 e. The molecular weight excluding hydrogens is 288 g/mol. The van der Waals surface area contributed by atoms with Crippen LogP contribution in [0.25, 0.3) is 10.8 Å². The molecule has 4 nitrogen and oxygen atoms in total. The zero-order valence-electron chi connectivity index (χ0n) is 12.3. The Morgan fingerprint density at radius 2 is 2.10 bits per heavy atom. The molecule has 0 spiro atoms. The van der Waals surface area contributed by atoms with Crippen molar-refractivity contribution in [3.05, 3.63) is 29.2 Å². The Morgan fingerprint density at radius 3 is 2.76 bits per heavy atom. The van der Waals surface area contributed by atoms with Crippen LogP contribution >= 0.6 is 11.6 Å². The monoisotopic (exact) mass is 306 g/mol. The number of methoxy groups -OCH3 is 1. The highest BCUT2D eigenvalue weighted by atomic mass is 35.5. The minimum Gasteiger partial charge on any atom is -0.474 e. The summed E-state index contributed by atoms with van der Waals surface area (Å²) in [6.07, 6.45) is 7.35. The summed E-state index contributed by atoms with van der Waals surface area (Å²) >= 11 is 6.07. The van der Waals surface area contributed by atoms with Gasteiger partial charge in [-0.25, -0.2) is 9.97 Å². The lowest BCUT2D eigenvalue weighted by molar-refractivity contribution is 0.116. The second-order valence-electron chi connectivity index (χ2n) is 5.60. The van der Waals surface area contributed by atoms with Crippen LogP contribution in [0.4, 0.5) is 0 Å². The van der Waals surface area contributed by atoms with Crippen molar-refractivity contribution in [3.63, 3.8) is 0 Å². The summed E-state index contributed by atoms with van der Waals surface area (Å²) in [7, 11) is 1.70. The first kappa shape index (κ1) is 14.5. The molecule has 2 heterocycles. The van der Waals surface area contributed by atoms with Crippen LogP contribution in [0.3, 0.4) is 0 Å². The summed E-state index contributed by atoms with van der Waals surface area (Å²) in [6.45, 7) is 2.75. The maximum atomic E-state index is 6.07. The molecule has 0 aromatic carbocycles. The van der Waals surface area contributed by atoms with Gasteiger partial charge in [-0.05, 0) is 36.3 Å². The lowest BCUT2D eigenvalue weighted by Gasteiger charge is -2.26. The Hall–Kier alpha value is -1.39. The number of rotatable bonds is 5. The summed E-state index contributed by atoms with van der Waals surface area (Å²) in [5.41, 5.74) is 1.11. The van der Waals surface area contributed by atoms with Crippen LogP contribution in [0.1, 0.15) is 37.7 Å². The molecule has 0 saturated heterocycles.